The highest BCUT2D eigenvalue weighted by atomic mass is 19.1. The maximum absolute atomic E-state index is 12.9. The molecule has 0 aliphatic rings. The van der Waals surface area contributed by atoms with Gasteiger partial charge in [-0.3, -0.25) is 4.98 Å². The van der Waals surface area contributed by atoms with Crippen LogP contribution in [0.5, 0.6) is 11.5 Å². The minimum absolute atomic E-state index is 0.0405. The Labute approximate surface area is 103 Å². The van der Waals surface area contributed by atoms with Gasteiger partial charge in [-0.15, -0.1) is 0 Å². The third kappa shape index (κ3) is 2.45. The van der Waals surface area contributed by atoms with E-state index < -0.39 is 5.97 Å². The van der Waals surface area contributed by atoms with Crippen LogP contribution < -0.4 is 4.74 Å². The van der Waals surface area contributed by atoms with Gasteiger partial charge in [-0.05, 0) is 30.7 Å². The van der Waals surface area contributed by atoms with E-state index in [4.69, 9.17) is 9.84 Å². The van der Waals surface area contributed by atoms with Crippen molar-refractivity contribution in [3.63, 3.8) is 0 Å². The number of aromatic carboxylic acids is 1. The van der Waals surface area contributed by atoms with Gasteiger partial charge in [-0.1, -0.05) is 0 Å². The number of aromatic nitrogens is 1. The number of hydrogen-bond acceptors (Lipinski definition) is 3. The number of pyridine rings is 1. The standard InChI is InChI=1S/C13H10FNO3/c1-8-6-9(14)2-3-11(8)18-12-4-5-15-7-10(12)13(16)17/h2-7H,1H3,(H,16,17). The summed E-state index contributed by atoms with van der Waals surface area (Å²) in [6, 6.07) is 5.48. The lowest BCUT2D eigenvalue weighted by atomic mass is 10.2. The van der Waals surface area contributed by atoms with Gasteiger partial charge >= 0.3 is 5.97 Å². The lowest BCUT2D eigenvalue weighted by molar-refractivity contribution is 0.0693. The zero-order valence-corrected chi connectivity index (χ0v) is 9.55. The average molecular weight is 247 g/mol. The number of ether oxygens (including phenoxy) is 1. The molecule has 5 heteroatoms. The van der Waals surface area contributed by atoms with Crippen molar-refractivity contribution in [3.8, 4) is 11.5 Å². The molecule has 0 fully saturated rings. The van der Waals surface area contributed by atoms with E-state index in [0.29, 0.717) is 11.3 Å². The SMILES string of the molecule is Cc1cc(F)ccc1Oc1ccncc1C(=O)O. The molecule has 0 saturated carbocycles. The van der Waals surface area contributed by atoms with E-state index in [1.165, 1.54) is 36.7 Å². The van der Waals surface area contributed by atoms with Crippen molar-refractivity contribution in [2.24, 2.45) is 0 Å². The molecule has 92 valence electrons. The minimum atomic E-state index is -1.13. The van der Waals surface area contributed by atoms with Crippen LogP contribution in [0.15, 0.2) is 36.7 Å². The highest BCUT2D eigenvalue weighted by Gasteiger charge is 2.12. The fourth-order valence-corrected chi connectivity index (χ4v) is 1.48. The Kier molecular flexibility index (Phi) is 3.23. The van der Waals surface area contributed by atoms with Crippen LogP contribution in [0.25, 0.3) is 0 Å². The number of carbonyl (C=O) groups is 1. The maximum Gasteiger partial charge on any atom is 0.341 e. The molecule has 0 radical (unpaired) electrons. The molecule has 2 aromatic rings. The largest absolute Gasteiger partial charge is 0.477 e. The van der Waals surface area contributed by atoms with Gasteiger partial charge in [-0.2, -0.15) is 0 Å². The Bertz CT molecular complexity index is 599. The molecule has 0 bridgehead atoms. The van der Waals surface area contributed by atoms with E-state index in [1.54, 1.807) is 6.92 Å². The fraction of sp³-hybridized carbons (Fsp3) is 0.0769. The van der Waals surface area contributed by atoms with E-state index in [1.807, 2.05) is 0 Å². The van der Waals surface area contributed by atoms with Crippen LogP contribution in [0.4, 0.5) is 4.39 Å². The molecule has 0 unspecified atom stereocenters. The van der Waals surface area contributed by atoms with Crippen molar-refractivity contribution < 1.29 is 19.0 Å². The number of aryl methyl sites for hydroxylation is 1. The van der Waals surface area contributed by atoms with Crippen LogP contribution in [0, 0.1) is 12.7 Å². The van der Waals surface area contributed by atoms with Gasteiger partial charge in [0.25, 0.3) is 0 Å². The number of hydrogen-bond donors (Lipinski definition) is 1. The summed E-state index contributed by atoms with van der Waals surface area (Å²) in [5.74, 6) is -0.914. The summed E-state index contributed by atoms with van der Waals surface area (Å²) in [6.07, 6.45) is 2.64. The summed E-state index contributed by atoms with van der Waals surface area (Å²) in [7, 11) is 0. The third-order valence-electron chi connectivity index (χ3n) is 2.37. The predicted molar refractivity (Wildman–Crippen MR) is 62.4 cm³/mol. The smallest absolute Gasteiger partial charge is 0.341 e. The van der Waals surface area contributed by atoms with Crippen LogP contribution in [-0.4, -0.2) is 16.1 Å². The van der Waals surface area contributed by atoms with E-state index in [-0.39, 0.29) is 17.1 Å². The van der Waals surface area contributed by atoms with Crippen molar-refractivity contribution in [3.05, 3.63) is 53.6 Å². The second-order valence-electron chi connectivity index (χ2n) is 3.69. The lowest BCUT2D eigenvalue weighted by Crippen LogP contribution is -2.01. The number of carboxylic acid groups (broad SMARTS) is 1. The van der Waals surface area contributed by atoms with Gasteiger partial charge in [0.2, 0.25) is 0 Å². The molecular weight excluding hydrogens is 237 g/mol. The van der Waals surface area contributed by atoms with Crippen molar-refractivity contribution in [2.45, 2.75) is 6.92 Å². The van der Waals surface area contributed by atoms with Crippen molar-refractivity contribution in [1.29, 1.82) is 0 Å². The van der Waals surface area contributed by atoms with Crippen LogP contribution in [0.3, 0.4) is 0 Å². The summed E-state index contributed by atoms with van der Waals surface area (Å²) in [6.45, 7) is 1.68. The highest BCUT2D eigenvalue weighted by Crippen LogP contribution is 2.27. The molecule has 1 aromatic heterocycles. The molecule has 2 rings (SSSR count). The first kappa shape index (κ1) is 12.0. The molecule has 0 spiro atoms. The Balaban J connectivity index is 2.37. The van der Waals surface area contributed by atoms with Gasteiger partial charge in [0.05, 0.1) is 0 Å². The Morgan fingerprint density at radius 3 is 2.78 bits per heavy atom. The molecule has 0 atom stereocenters. The summed E-state index contributed by atoms with van der Waals surface area (Å²) < 4.78 is 18.4. The fourth-order valence-electron chi connectivity index (χ4n) is 1.48. The number of carboxylic acids is 1. The third-order valence-corrected chi connectivity index (χ3v) is 2.37. The molecule has 0 aliphatic carbocycles. The number of halogens is 1. The lowest BCUT2D eigenvalue weighted by Gasteiger charge is -2.10. The monoisotopic (exact) mass is 247 g/mol. The van der Waals surface area contributed by atoms with Gasteiger partial charge in [0.15, 0.2) is 0 Å². The Hall–Kier alpha value is -2.43. The predicted octanol–water partition coefficient (Wildman–Crippen LogP) is 3.02. The number of nitrogens with zero attached hydrogens (tertiary/aromatic N) is 1. The number of benzene rings is 1. The molecule has 1 N–H and O–H groups in total. The van der Waals surface area contributed by atoms with Crippen molar-refractivity contribution in [1.82, 2.24) is 4.98 Å². The zero-order chi connectivity index (χ0) is 13.1. The molecule has 4 nitrogen and oxygen atoms in total. The molecule has 0 amide bonds. The van der Waals surface area contributed by atoms with E-state index in [0.717, 1.165) is 0 Å². The average Bonchev–Trinajstić information content (AvgIpc) is 2.33. The summed E-state index contributed by atoms with van der Waals surface area (Å²) in [5.41, 5.74) is 0.546. The number of rotatable bonds is 3. The minimum Gasteiger partial charge on any atom is -0.477 e. The normalized spacial score (nSPS) is 10.1. The zero-order valence-electron chi connectivity index (χ0n) is 9.55. The van der Waals surface area contributed by atoms with Crippen LogP contribution in [-0.2, 0) is 0 Å². The summed E-state index contributed by atoms with van der Waals surface area (Å²) in [5, 5.41) is 8.98. The summed E-state index contributed by atoms with van der Waals surface area (Å²) in [4.78, 5) is 14.7. The quantitative estimate of drug-likeness (QED) is 0.905. The first-order chi connectivity index (χ1) is 8.58. The van der Waals surface area contributed by atoms with E-state index >= 15 is 0 Å². The molecule has 1 aromatic carbocycles. The van der Waals surface area contributed by atoms with E-state index in [9.17, 15) is 9.18 Å². The van der Waals surface area contributed by atoms with Crippen LogP contribution in [0.1, 0.15) is 15.9 Å². The van der Waals surface area contributed by atoms with Crippen molar-refractivity contribution >= 4 is 5.97 Å². The molecule has 18 heavy (non-hydrogen) atoms. The highest BCUT2D eigenvalue weighted by molar-refractivity contribution is 5.90. The Morgan fingerprint density at radius 2 is 2.11 bits per heavy atom. The summed E-state index contributed by atoms with van der Waals surface area (Å²) >= 11 is 0. The second kappa shape index (κ2) is 4.83. The van der Waals surface area contributed by atoms with Crippen molar-refractivity contribution in [2.75, 3.05) is 0 Å². The van der Waals surface area contributed by atoms with E-state index in [2.05, 4.69) is 4.98 Å². The molecular formula is C13H10FNO3. The first-order valence-corrected chi connectivity index (χ1v) is 5.19. The van der Waals surface area contributed by atoms with Gasteiger partial charge in [0, 0.05) is 18.5 Å². The van der Waals surface area contributed by atoms with Crippen LogP contribution >= 0.6 is 0 Å². The van der Waals surface area contributed by atoms with Gasteiger partial charge in [-0.25, -0.2) is 9.18 Å². The first-order valence-electron chi connectivity index (χ1n) is 5.19. The second-order valence-corrected chi connectivity index (χ2v) is 3.69. The van der Waals surface area contributed by atoms with Gasteiger partial charge in [0.1, 0.15) is 22.9 Å². The topological polar surface area (TPSA) is 59.4 Å². The maximum atomic E-state index is 12.9. The van der Waals surface area contributed by atoms with Crippen LogP contribution in [0.2, 0.25) is 0 Å². The molecule has 0 saturated heterocycles. The Morgan fingerprint density at radius 1 is 1.33 bits per heavy atom. The molecule has 0 aliphatic heterocycles. The molecule has 1 heterocycles. The van der Waals surface area contributed by atoms with Gasteiger partial charge < -0.3 is 9.84 Å².